The van der Waals surface area contributed by atoms with Crippen LogP contribution in [0.15, 0.2) is 66.5 Å². The van der Waals surface area contributed by atoms with Crippen molar-refractivity contribution in [3.05, 3.63) is 72.0 Å². The zero-order chi connectivity index (χ0) is 22.8. The maximum Gasteiger partial charge on any atom is 0.0636 e. The summed E-state index contributed by atoms with van der Waals surface area (Å²) in [6, 6.07) is -5.49. The normalized spacial score (nSPS) is 19.2. The Labute approximate surface area is 130 Å². The van der Waals surface area contributed by atoms with E-state index < -0.39 is 54.4 Å². The second kappa shape index (κ2) is 4.89. The van der Waals surface area contributed by atoms with Crippen molar-refractivity contribution in [2.45, 2.75) is 19.8 Å². The van der Waals surface area contributed by atoms with Crippen molar-refractivity contribution in [2.75, 3.05) is 0 Å². The van der Waals surface area contributed by atoms with Crippen LogP contribution in [0.1, 0.15) is 40.4 Å². The first-order valence-corrected chi connectivity index (χ1v) is 5.94. The molecule has 0 bridgehead atoms. The second-order valence-corrected chi connectivity index (χ2v) is 4.44. The van der Waals surface area contributed by atoms with Crippen molar-refractivity contribution in [1.29, 1.82) is 0 Å². The smallest absolute Gasteiger partial charge is 0.0616 e. The fraction of sp³-hybridized carbons (Fsp3) is 0.158. The highest BCUT2D eigenvalue weighted by Gasteiger charge is 2.02. The van der Waals surface area contributed by atoms with E-state index in [0.717, 1.165) is 0 Å². The standard InChI is InChI=1S/C19H18/c1-14(2)15-7-9-17(10-8-15)19-12-11-16-5-3-4-6-18(16)13-19/h3-14H,1-2H3/i3D,4D,5D,6D,7D,8D,9D,10D,11D,12D,13D. The molecule has 0 radical (unpaired) electrons. The number of hydrogen-bond acceptors (Lipinski definition) is 0. The summed E-state index contributed by atoms with van der Waals surface area (Å²) < 4.78 is 90.4. The Balaban J connectivity index is 2.61. The molecule has 0 saturated heterocycles. The molecular formula is C19H18. The van der Waals surface area contributed by atoms with Crippen LogP contribution in [0.2, 0.25) is 0 Å². The predicted molar refractivity (Wildman–Crippen MR) is 83.5 cm³/mol. The average molecular weight is 257 g/mol. The van der Waals surface area contributed by atoms with Crippen molar-refractivity contribution >= 4 is 10.8 Å². The van der Waals surface area contributed by atoms with Crippen LogP contribution in [0, 0.1) is 0 Å². The summed E-state index contributed by atoms with van der Waals surface area (Å²) in [5.74, 6) is -0.298. The number of rotatable bonds is 2. The molecule has 0 saturated carbocycles. The molecule has 3 aromatic rings. The van der Waals surface area contributed by atoms with E-state index in [1.54, 1.807) is 13.8 Å². The van der Waals surface area contributed by atoms with E-state index >= 15 is 0 Å². The van der Waals surface area contributed by atoms with Gasteiger partial charge < -0.3 is 0 Å². The molecule has 0 aliphatic rings. The van der Waals surface area contributed by atoms with E-state index in [1.807, 2.05) is 0 Å². The number of fused-ring (bicyclic) bond motifs is 1. The Morgan fingerprint density at radius 3 is 2.05 bits per heavy atom. The topological polar surface area (TPSA) is 0 Å². The van der Waals surface area contributed by atoms with Gasteiger partial charge in [0.05, 0.1) is 15.1 Å². The molecule has 0 unspecified atom stereocenters. The highest BCUT2D eigenvalue weighted by Crippen LogP contribution is 2.26. The van der Waals surface area contributed by atoms with Crippen LogP contribution < -0.4 is 0 Å². The zero-order valence-electron chi connectivity index (χ0n) is 21.6. The third-order valence-electron chi connectivity index (χ3n) is 2.72. The summed E-state index contributed by atoms with van der Waals surface area (Å²) >= 11 is 0. The van der Waals surface area contributed by atoms with Gasteiger partial charge in [-0.1, -0.05) is 74.3 Å². The van der Waals surface area contributed by atoms with Crippen LogP contribution in [-0.4, -0.2) is 0 Å². The Morgan fingerprint density at radius 1 is 0.737 bits per heavy atom. The van der Waals surface area contributed by atoms with Crippen LogP contribution >= 0.6 is 0 Å². The molecule has 0 spiro atoms. The molecule has 0 nitrogen and oxygen atoms in total. The third kappa shape index (κ3) is 2.39. The predicted octanol–water partition coefficient (Wildman–Crippen LogP) is 5.63. The first kappa shape index (κ1) is 4.79. The molecule has 0 heterocycles. The van der Waals surface area contributed by atoms with Gasteiger partial charge in [-0.05, 0) is 39.4 Å². The maximum absolute atomic E-state index is 8.55. The zero-order valence-corrected chi connectivity index (χ0v) is 10.6. The lowest BCUT2D eigenvalue weighted by molar-refractivity contribution is 0.867. The van der Waals surface area contributed by atoms with E-state index in [2.05, 4.69) is 0 Å². The van der Waals surface area contributed by atoms with Gasteiger partial charge in [0, 0.05) is 0 Å². The Morgan fingerprint density at radius 2 is 1.37 bits per heavy atom. The SMILES string of the molecule is [2H]c1c([2H])c(C(C)C)c([2H])c([2H])c1-c1c([2H])c([2H])c2c([2H])c([2H])c([2H])c([2H])c2c1[2H]. The highest BCUT2D eigenvalue weighted by atomic mass is 14.1. The van der Waals surface area contributed by atoms with Crippen molar-refractivity contribution in [3.8, 4) is 11.1 Å². The molecule has 3 rings (SSSR count). The van der Waals surface area contributed by atoms with Crippen LogP contribution in [0.3, 0.4) is 0 Å². The Kier molecular flexibility index (Phi) is 1.23. The minimum atomic E-state index is -0.598. The van der Waals surface area contributed by atoms with Gasteiger partial charge in [-0.2, -0.15) is 0 Å². The number of benzene rings is 3. The second-order valence-electron chi connectivity index (χ2n) is 4.44. The van der Waals surface area contributed by atoms with E-state index in [0.29, 0.717) is 0 Å². The third-order valence-corrected chi connectivity index (χ3v) is 2.72. The molecule has 0 atom stereocenters. The quantitative estimate of drug-likeness (QED) is 0.558. The number of hydrogen-bond donors (Lipinski definition) is 0. The van der Waals surface area contributed by atoms with Gasteiger partial charge in [0.1, 0.15) is 0 Å². The van der Waals surface area contributed by atoms with Crippen molar-refractivity contribution in [3.63, 3.8) is 0 Å². The minimum Gasteiger partial charge on any atom is -0.0616 e. The van der Waals surface area contributed by atoms with E-state index in [9.17, 15) is 0 Å². The molecule has 0 aliphatic carbocycles. The van der Waals surface area contributed by atoms with E-state index in [-0.39, 0.29) is 45.5 Å². The molecule has 0 aliphatic heterocycles. The summed E-state index contributed by atoms with van der Waals surface area (Å²) in [5.41, 5.74) is -0.488. The molecule has 94 valence electrons. The highest BCUT2D eigenvalue weighted by molar-refractivity contribution is 5.87. The molecule has 0 amide bonds. The van der Waals surface area contributed by atoms with Crippen molar-refractivity contribution in [2.24, 2.45) is 0 Å². The summed E-state index contributed by atoms with van der Waals surface area (Å²) in [5, 5.41) is -0.574. The molecule has 0 fully saturated rings. The maximum atomic E-state index is 8.55. The van der Waals surface area contributed by atoms with Crippen LogP contribution in [-0.2, 0) is 0 Å². The fourth-order valence-corrected chi connectivity index (χ4v) is 1.64. The molecule has 19 heavy (non-hydrogen) atoms. The fourth-order valence-electron chi connectivity index (χ4n) is 1.64. The van der Waals surface area contributed by atoms with E-state index in [1.165, 1.54) is 0 Å². The van der Waals surface area contributed by atoms with Gasteiger partial charge in [-0.15, -0.1) is 0 Å². The first-order valence-electron chi connectivity index (χ1n) is 11.4. The lowest BCUT2D eigenvalue weighted by atomic mass is 9.97. The van der Waals surface area contributed by atoms with Gasteiger partial charge in [0.2, 0.25) is 0 Å². The van der Waals surface area contributed by atoms with Crippen molar-refractivity contribution in [1.82, 2.24) is 0 Å². The summed E-state index contributed by atoms with van der Waals surface area (Å²) in [6.45, 7) is 3.45. The van der Waals surface area contributed by atoms with E-state index in [4.69, 9.17) is 15.1 Å². The van der Waals surface area contributed by atoms with Crippen LogP contribution in [0.4, 0.5) is 0 Å². The van der Waals surface area contributed by atoms with Crippen LogP contribution in [0.5, 0.6) is 0 Å². The molecular weight excluding hydrogens is 228 g/mol. The molecule has 3 aromatic carbocycles. The average Bonchev–Trinajstić information content (AvgIpc) is 2.68. The largest absolute Gasteiger partial charge is 0.0636 e. The summed E-state index contributed by atoms with van der Waals surface area (Å²) in [6.07, 6.45) is 0. The molecule has 0 N–H and O–H groups in total. The van der Waals surface area contributed by atoms with Crippen LogP contribution in [0.25, 0.3) is 21.9 Å². The monoisotopic (exact) mass is 257 g/mol. The minimum absolute atomic E-state index is 0.195. The van der Waals surface area contributed by atoms with Gasteiger partial charge in [0.15, 0.2) is 0 Å². The lowest BCUT2D eigenvalue weighted by Crippen LogP contribution is -1.86. The molecule has 0 heteroatoms. The summed E-state index contributed by atoms with van der Waals surface area (Å²) in [4.78, 5) is 0. The van der Waals surface area contributed by atoms with Gasteiger partial charge in [0.25, 0.3) is 0 Å². The van der Waals surface area contributed by atoms with Gasteiger partial charge in [-0.25, -0.2) is 0 Å². The first-order chi connectivity index (χ1) is 13.8. The lowest BCUT2D eigenvalue weighted by Gasteiger charge is -2.08. The van der Waals surface area contributed by atoms with Gasteiger partial charge in [-0.3, -0.25) is 0 Å². The Hall–Kier alpha value is -2.08. The van der Waals surface area contributed by atoms with Crippen molar-refractivity contribution < 1.29 is 15.1 Å². The molecule has 0 aromatic heterocycles. The Bertz CT molecular complexity index is 1200. The van der Waals surface area contributed by atoms with Gasteiger partial charge >= 0.3 is 0 Å². The summed E-state index contributed by atoms with van der Waals surface area (Å²) in [7, 11) is 0.